The van der Waals surface area contributed by atoms with Gasteiger partial charge in [-0.05, 0) is 19.9 Å². The van der Waals surface area contributed by atoms with E-state index in [1.54, 1.807) is 18.6 Å². The Kier molecular flexibility index (Phi) is 3.85. The number of nitrogens with two attached hydrogens (primary N) is 1. The van der Waals surface area contributed by atoms with Crippen LogP contribution in [0, 0.1) is 0 Å². The Morgan fingerprint density at radius 2 is 2.26 bits per heavy atom. The van der Waals surface area contributed by atoms with Gasteiger partial charge in [-0.3, -0.25) is 4.99 Å². The quantitative estimate of drug-likeness (QED) is 0.577. The third kappa shape index (κ3) is 3.13. The van der Waals surface area contributed by atoms with Gasteiger partial charge in [0.15, 0.2) is 0 Å². The zero-order valence-electron chi connectivity index (χ0n) is 11.1. The first-order chi connectivity index (χ1) is 9.08. The minimum absolute atomic E-state index is 0.0932. The molecule has 1 aromatic carbocycles. The maximum Gasteiger partial charge on any atom is 0.130 e. The number of imidazole rings is 1. The highest BCUT2D eigenvalue weighted by Crippen LogP contribution is 2.24. The molecular weight excluding hydrogens is 240 g/mol. The minimum Gasteiger partial charge on any atom is -0.507 e. The van der Waals surface area contributed by atoms with Crippen molar-refractivity contribution < 1.29 is 5.11 Å². The van der Waals surface area contributed by atoms with E-state index in [0.717, 1.165) is 11.3 Å². The number of nitrogens with one attached hydrogen (secondary N) is 1. The molecule has 0 spiro atoms. The SMILES string of the molecule is CC(C)N=C(N)c1cccc(Cc2cnc[nH]2)c1O. The summed E-state index contributed by atoms with van der Waals surface area (Å²) in [5.41, 5.74) is 8.22. The summed E-state index contributed by atoms with van der Waals surface area (Å²) in [5, 5.41) is 10.3. The molecule has 0 fully saturated rings. The largest absolute Gasteiger partial charge is 0.507 e. The Morgan fingerprint density at radius 3 is 2.89 bits per heavy atom. The lowest BCUT2D eigenvalue weighted by atomic mass is 10.0. The van der Waals surface area contributed by atoms with Gasteiger partial charge in [0.05, 0.1) is 11.9 Å². The van der Waals surface area contributed by atoms with E-state index in [1.807, 2.05) is 26.0 Å². The average Bonchev–Trinajstić information content (AvgIpc) is 2.83. The summed E-state index contributed by atoms with van der Waals surface area (Å²) in [6.45, 7) is 3.89. The predicted molar refractivity (Wildman–Crippen MR) is 75.4 cm³/mol. The predicted octanol–water partition coefficient (Wildman–Crippen LogP) is 1.82. The molecule has 4 N–H and O–H groups in total. The maximum absolute atomic E-state index is 10.3. The molecule has 0 unspecified atom stereocenters. The van der Waals surface area contributed by atoms with Gasteiger partial charge < -0.3 is 15.8 Å². The molecular formula is C14H18N4O. The molecule has 5 nitrogen and oxygen atoms in total. The van der Waals surface area contributed by atoms with Crippen LogP contribution >= 0.6 is 0 Å². The summed E-state index contributed by atoms with van der Waals surface area (Å²) in [5.74, 6) is 0.540. The maximum atomic E-state index is 10.3. The number of benzene rings is 1. The highest BCUT2D eigenvalue weighted by molar-refractivity contribution is 6.00. The van der Waals surface area contributed by atoms with Crippen LogP contribution < -0.4 is 5.73 Å². The van der Waals surface area contributed by atoms with E-state index in [2.05, 4.69) is 15.0 Å². The van der Waals surface area contributed by atoms with Gasteiger partial charge in [-0.15, -0.1) is 0 Å². The summed E-state index contributed by atoms with van der Waals surface area (Å²) < 4.78 is 0. The number of phenolic OH excluding ortho intramolecular Hbond substituents is 1. The fourth-order valence-electron chi connectivity index (χ4n) is 1.87. The third-order valence-corrected chi connectivity index (χ3v) is 2.73. The summed E-state index contributed by atoms with van der Waals surface area (Å²) in [7, 11) is 0. The minimum atomic E-state index is 0.0932. The first kappa shape index (κ1) is 13.1. The van der Waals surface area contributed by atoms with Crippen molar-refractivity contribution in [1.82, 2.24) is 9.97 Å². The molecule has 0 aliphatic carbocycles. The van der Waals surface area contributed by atoms with E-state index < -0.39 is 0 Å². The zero-order valence-corrected chi connectivity index (χ0v) is 11.1. The van der Waals surface area contributed by atoms with Crippen LogP contribution in [0.3, 0.4) is 0 Å². The molecule has 0 atom stereocenters. The normalized spacial score (nSPS) is 12.1. The molecule has 1 aromatic heterocycles. The molecule has 0 aliphatic heterocycles. The van der Waals surface area contributed by atoms with E-state index in [1.165, 1.54) is 0 Å². The molecule has 0 saturated carbocycles. The van der Waals surface area contributed by atoms with Crippen molar-refractivity contribution in [3.63, 3.8) is 0 Å². The second-order valence-corrected chi connectivity index (χ2v) is 4.68. The Balaban J connectivity index is 2.33. The van der Waals surface area contributed by atoms with Crippen molar-refractivity contribution in [2.24, 2.45) is 10.7 Å². The number of aromatic hydroxyl groups is 1. The van der Waals surface area contributed by atoms with Gasteiger partial charge in [0, 0.05) is 29.9 Å². The topological polar surface area (TPSA) is 87.3 Å². The number of hydrogen-bond donors (Lipinski definition) is 3. The van der Waals surface area contributed by atoms with E-state index in [0.29, 0.717) is 17.8 Å². The van der Waals surface area contributed by atoms with Gasteiger partial charge in [-0.25, -0.2) is 4.98 Å². The first-order valence-corrected chi connectivity index (χ1v) is 6.19. The molecule has 2 rings (SSSR count). The van der Waals surface area contributed by atoms with Crippen LogP contribution in [0.2, 0.25) is 0 Å². The van der Waals surface area contributed by atoms with Gasteiger partial charge >= 0.3 is 0 Å². The van der Waals surface area contributed by atoms with Gasteiger partial charge in [-0.1, -0.05) is 12.1 Å². The third-order valence-electron chi connectivity index (χ3n) is 2.73. The molecule has 2 aromatic rings. The van der Waals surface area contributed by atoms with E-state index >= 15 is 0 Å². The molecule has 100 valence electrons. The second-order valence-electron chi connectivity index (χ2n) is 4.68. The second kappa shape index (κ2) is 5.56. The smallest absolute Gasteiger partial charge is 0.130 e. The number of aliphatic imine (C=N–C) groups is 1. The highest BCUT2D eigenvalue weighted by Gasteiger charge is 2.11. The highest BCUT2D eigenvalue weighted by atomic mass is 16.3. The average molecular weight is 258 g/mol. The number of H-pyrrole nitrogens is 1. The summed E-state index contributed by atoms with van der Waals surface area (Å²) >= 11 is 0. The Labute approximate surface area is 112 Å². The van der Waals surface area contributed by atoms with Crippen molar-refractivity contribution in [2.75, 3.05) is 0 Å². The van der Waals surface area contributed by atoms with Gasteiger partial charge in [0.25, 0.3) is 0 Å². The van der Waals surface area contributed by atoms with Crippen molar-refractivity contribution in [2.45, 2.75) is 26.3 Å². The number of rotatable bonds is 4. The Morgan fingerprint density at radius 1 is 1.47 bits per heavy atom. The van der Waals surface area contributed by atoms with Crippen LogP contribution in [0.5, 0.6) is 5.75 Å². The summed E-state index contributed by atoms with van der Waals surface area (Å²) in [6.07, 6.45) is 3.93. The first-order valence-electron chi connectivity index (χ1n) is 6.19. The number of nitrogens with zero attached hydrogens (tertiary/aromatic N) is 2. The zero-order chi connectivity index (χ0) is 13.8. The van der Waals surface area contributed by atoms with Gasteiger partial charge in [0.2, 0.25) is 0 Å². The molecule has 5 heteroatoms. The summed E-state index contributed by atoms with van der Waals surface area (Å²) in [4.78, 5) is 11.2. The van der Waals surface area contributed by atoms with Crippen LogP contribution in [-0.4, -0.2) is 27.0 Å². The molecule has 0 amide bonds. The number of aromatic nitrogens is 2. The van der Waals surface area contributed by atoms with Crippen molar-refractivity contribution in [3.05, 3.63) is 47.5 Å². The molecule has 1 heterocycles. The lowest BCUT2D eigenvalue weighted by molar-refractivity contribution is 0.468. The van der Waals surface area contributed by atoms with E-state index in [4.69, 9.17) is 5.73 Å². The fourth-order valence-corrected chi connectivity index (χ4v) is 1.87. The van der Waals surface area contributed by atoms with Crippen molar-refractivity contribution in [1.29, 1.82) is 0 Å². The van der Waals surface area contributed by atoms with Crippen LogP contribution in [0.4, 0.5) is 0 Å². The van der Waals surface area contributed by atoms with Crippen molar-refractivity contribution in [3.8, 4) is 5.75 Å². The number of hydrogen-bond acceptors (Lipinski definition) is 3. The van der Waals surface area contributed by atoms with Crippen molar-refractivity contribution >= 4 is 5.84 Å². The number of phenols is 1. The molecule has 19 heavy (non-hydrogen) atoms. The lowest BCUT2D eigenvalue weighted by Gasteiger charge is -2.09. The number of amidine groups is 1. The lowest BCUT2D eigenvalue weighted by Crippen LogP contribution is -2.16. The number of aromatic amines is 1. The molecule has 0 saturated heterocycles. The standard InChI is InChI=1S/C14H18N4O/c1-9(2)18-14(15)12-5-3-4-10(13(12)19)6-11-7-16-8-17-11/h3-5,7-9,19H,6H2,1-2H3,(H2,15,18)(H,16,17). The number of para-hydroxylation sites is 1. The summed E-state index contributed by atoms with van der Waals surface area (Å²) in [6, 6.07) is 5.59. The van der Waals surface area contributed by atoms with Crippen LogP contribution in [0.15, 0.2) is 35.7 Å². The monoisotopic (exact) mass is 258 g/mol. The Hall–Kier alpha value is -2.30. The van der Waals surface area contributed by atoms with Gasteiger partial charge in [0.1, 0.15) is 11.6 Å². The van der Waals surface area contributed by atoms with Crippen LogP contribution in [0.1, 0.15) is 30.7 Å². The fraction of sp³-hybridized carbons (Fsp3) is 0.286. The molecule has 0 radical (unpaired) electrons. The van der Waals surface area contributed by atoms with Crippen LogP contribution in [0.25, 0.3) is 0 Å². The Bertz CT molecular complexity index is 573. The van der Waals surface area contributed by atoms with Gasteiger partial charge in [-0.2, -0.15) is 0 Å². The molecule has 0 aliphatic rings. The molecule has 0 bridgehead atoms. The van der Waals surface area contributed by atoms with Crippen LogP contribution in [-0.2, 0) is 6.42 Å². The van der Waals surface area contributed by atoms with E-state index in [-0.39, 0.29) is 11.8 Å². The van der Waals surface area contributed by atoms with E-state index in [9.17, 15) is 5.11 Å².